The molecule has 5 nitrogen and oxygen atoms in total. The van der Waals surface area contributed by atoms with Gasteiger partial charge in [-0.05, 0) is 74.9 Å². The lowest BCUT2D eigenvalue weighted by Crippen LogP contribution is -2.54. The average molecular weight is 458 g/mol. The van der Waals surface area contributed by atoms with E-state index in [9.17, 15) is 13.6 Å². The molecular weight excluding hydrogens is 424 g/mol. The highest BCUT2D eigenvalue weighted by Gasteiger charge is 2.34. The second kappa shape index (κ2) is 11.1. The predicted molar refractivity (Wildman–Crippen MR) is 126 cm³/mol. The number of hydrogen-bond acceptors (Lipinski definition) is 3. The number of rotatable bonds is 6. The third kappa shape index (κ3) is 6.74. The van der Waals surface area contributed by atoms with Gasteiger partial charge in [-0.15, -0.1) is 0 Å². The number of aryl methyl sites for hydroxylation is 1. The number of ether oxygens (including phenoxy) is 1. The molecule has 2 amide bonds. The maximum atomic E-state index is 15.0. The van der Waals surface area contributed by atoms with Gasteiger partial charge in [0.05, 0.1) is 12.1 Å². The normalized spacial score (nSPS) is 26.0. The molecule has 2 aliphatic rings. The van der Waals surface area contributed by atoms with Crippen LogP contribution in [0.15, 0.2) is 48.5 Å². The van der Waals surface area contributed by atoms with Gasteiger partial charge in [0.25, 0.3) is 0 Å². The van der Waals surface area contributed by atoms with E-state index in [0.717, 1.165) is 42.6 Å². The Morgan fingerprint density at radius 2 is 1.88 bits per heavy atom. The number of piperidine rings is 1. The molecule has 2 aliphatic heterocycles. The minimum absolute atomic E-state index is 0.0619. The number of carbonyl (C=O) groups is 1. The molecule has 178 valence electrons. The third-order valence-electron chi connectivity index (χ3n) is 6.68. The zero-order valence-corrected chi connectivity index (χ0v) is 19.1. The molecule has 4 unspecified atom stereocenters. The monoisotopic (exact) mass is 457 g/mol. The summed E-state index contributed by atoms with van der Waals surface area (Å²) in [5, 5.41) is 5.93. The van der Waals surface area contributed by atoms with Crippen LogP contribution >= 0.6 is 0 Å². The first kappa shape index (κ1) is 23.6. The Bertz CT molecular complexity index is 907. The van der Waals surface area contributed by atoms with E-state index in [1.54, 1.807) is 12.1 Å². The molecule has 0 bridgehead atoms. The molecule has 2 aromatic carbocycles. The van der Waals surface area contributed by atoms with Crippen LogP contribution in [-0.4, -0.2) is 55.5 Å². The number of likely N-dealkylation sites (tertiary alicyclic amines) is 1. The van der Waals surface area contributed by atoms with Crippen molar-refractivity contribution in [2.45, 2.75) is 50.9 Å². The Hall–Kier alpha value is -2.51. The summed E-state index contributed by atoms with van der Waals surface area (Å²) in [4.78, 5) is 14.6. The minimum Gasteiger partial charge on any atom is -0.375 e. The topological polar surface area (TPSA) is 53.6 Å². The second-order valence-electron chi connectivity index (χ2n) is 9.28. The van der Waals surface area contributed by atoms with Crippen LogP contribution < -0.4 is 10.6 Å². The van der Waals surface area contributed by atoms with Crippen molar-refractivity contribution in [2.75, 3.05) is 31.6 Å². The van der Waals surface area contributed by atoms with Crippen molar-refractivity contribution in [1.29, 1.82) is 0 Å². The van der Waals surface area contributed by atoms with Gasteiger partial charge in [0.1, 0.15) is 12.0 Å². The van der Waals surface area contributed by atoms with Gasteiger partial charge in [0, 0.05) is 25.4 Å². The van der Waals surface area contributed by atoms with Crippen molar-refractivity contribution in [3.05, 3.63) is 65.5 Å². The predicted octanol–water partition coefficient (Wildman–Crippen LogP) is 4.71. The summed E-state index contributed by atoms with van der Waals surface area (Å²) in [7, 11) is 0. The SMILES string of the molecule is Cc1ccc(NC(=O)NC2CCCOC2CN2CCC(Cc3ccc(F)cc3)C(F)C2)cc1. The quantitative estimate of drug-likeness (QED) is 0.661. The first-order valence-corrected chi connectivity index (χ1v) is 11.8. The van der Waals surface area contributed by atoms with Crippen molar-refractivity contribution in [3.63, 3.8) is 0 Å². The van der Waals surface area contributed by atoms with Gasteiger partial charge in [-0.3, -0.25) is 4.90 Å². The molecule has 0 aliphatic carbocycles. The number of hydrogen-bond donors (Lipinski definition) is 2. The lowest BCUT2D eigenvalue weighted by atomic mass is 9.88. The first-order chi connectivity index (χ1) is 16.0. The van der Waals surface area contributed by atoms with Gasteiger partial charge >= 0.3 is 6.03 Å². The summed E-state index contributed by atoms with van der Waals surface area (Å²) >= 11 is 0. The molecule has 7 heteroatoms. The molecule has 0 saturated carbocycles. The van der Waals surface area contributed by atoms with Gasteiger partial charge in [0.2, 0.25) is 0 Å². The van der Waals surface area contributed by atoms with E-state index in [2.05, 4.69) is 15.5 Å². The number of alkyl halides is 1. The summed E-state index contributed by atoms with van der Waals surface area (Å²) in [5.74, 6) is -0.332. The van der Waals surface area contributed by atoms with E-state index in [0.29, 0.717) is 26.1 Å². The van der Waals surface area contributed by atoms with Gasteiger partial charge < -0.3 is 15.4 Å². The number of halogens is 2. The molecule has 2 aromatic rings. The molecule has 33 heavy (non-hydrogen) atoms. The van der Waals surface area contributed by atoms with Gasteiger partial charge in [0.15, 0.2) is 0 Å². The fraction of sp³-hybridized carbons (Fsp3) is 0.500. The molecule has 4 rings (SSSR count). The van der Waals surface area contributed by atoms with Gasteiger partial charge in [-0.1, -0.05) is 29.8 Å². The maximum absolute atomic E-state index is 15.0. The van der Waals surface area contributed by atoms with Crippen molar-refractivity contribution in [1.82, 2.24) is 10.2 Å². The molecule has 2 N–H and O–H groups in total. The summed E-state index contributed by atoms with van der Waals surface area (Å²) in [5.41, 5.74) is 2.85. The molecule has 4 atom stereocenters. The fourth-order valence-corrected chi connectivity index (χ4v) is 4.75. The number of amides is 2. The smallest absolute Gasteiger partial charge is 0.319 e. The van der Waals surface area contributed by atoms with Crippen LogP contribution in [0.25, 0.3) is 0 Å². The summed E-state index contributed by atoms with van der Waals surface area (Å²) in [6.07, 6.45) is 1.99. The van der Waals surface area contributed by atoms with Crippen molar-refractivity contribution in [2.24, 2.45) is 5.92 Å². The van der Waals surface area contributed by atoms with E-state index >= 15 is 0 Å². The van der Waals surface area contributed by atoms with Crippen molar-refractivity contribution in [3.8, 4) is 0 Å². The van der Waals surface area contributed by atoms with Crippen LogP contribution in [0.3, 0.4) is 0 Å². The number of carbonyl (C=O) groups excluding carboxylic acids is 1. The molecule has 2 saturated heterocycles. The van der Waals surface area contributed by atoms with E-state index in [1.807, 2.05) is 31.2 Å². The first-order valence-electron chi connectivity index (χ1n) is 11.8. The Balaban J connectivity index is 1.27. The Morgan fingerprint density at radius 1 is 1.12 bits per heavy atom. The summed E-state index contributed by atoms with van der Waals surface area (Å²) in [6.45, 7) is 4.39. The van der Waals surface area contributed by atoms with Crippen LogP contribution in [-0.2, 0) is 11.2 Å². The van der Waals surface area contributed by atoms with Crippen molar-refractivity contribution < 1.29 is 18.3 Å². The van der Waals surface area contributed by atoms with Crippen LogP contribution in [0.1, 0.15) is 30.4 Å². The van der Waals surface area contributed by atoms with Crippen molar-refractivity contribution >= 4 is 11.7 Å². The molecule has 0 spiro atoms. The number of benzene rings is 2. The third-order valence-corrected chi connectivity index (χ3v) is 6.68. The Labute approximate surface area is 194 Å². The van der Waals surface area contributed by atoms with Gasteiger partial charge in [-0.25, -0.2) is 13.6 Å². The number of urea groups is 1. The lowest BCUT2D eigenvalue weighted by Gasteiger charge is -2.39. The molecular formula is C26H33F2N3O2. The fourth-order valence-electron chi connectivity index (χ4n) is 4.75. The number of anilines is 1. The zero-order chi connectivity index (χ0) is 23.2. The zero-order valence-electron chi connectivity index (χ0n) is 19.1. The molecule has 0 aromatic heterocycles. The van der Waals surface area contributed by atoms with Crippen LogP contribution in [0.4, 0.5) is 19.3 Å². The molecule has 2 heterocycles. The largest absolute Gasteiger partial charge is 0.375 e. The second-order valence-corrected chi connectivity index (χ2v) is 9.28. The van der Waals surface area contributed by atoms with E-state index in [-0.39, 0.29) is 29.9 Å². The van der Waals surface area contributed by atoms with Crippen LogP contribution in [0, 0.1) is 18.7 Å². The van der Waals surface area contributed by atoms with E-state index in [4.69, 9.17) is 4.74 Å². The summed E-state index contributed by atoms with van der Waals surface area (Å²) < 4.78 is 34.1. The van der Waals surface area contributed by atoms with E-state index in [1.165, 1.54) is 12.1 Å². The lowest BCUT2D eigenvalue weighted by molar-refractivity contribution is -0.0370. The van der Waals surface area contributed by atoms with Crippen LogP contribution in [0.2, 0.25) is 0 Å². The molecule has 0 radical (unpaired) electrons. The molecule has 2 fully saturated rings. The highest BCUT2D eigenvalue weighted by atomic mass is 19.1. The average Bonchev–Trinajstić information content (AvgIpc) is 2.80. The Morgan fingerprint density at radius 3 is 2.61 bits per heavy atom. The maximum Gasteiger partial charge on any atom is 0.319 e. The highest BCUT2D eigenvalue weighted by molar-refractivity contribution is 5.89. The van der Waals surface area contributed by atoms with E-state index < -0.39 is 6.17 Å². The van der Waals surface area contributed by atoms with Crippen LogP contribution in [0.5, 0.6) is 0 Å². The van der Waals surface area contributed by atoms with Gasteiger partial charge in [-0.2, -0.15) is 0 Å². The minimum atomic E-state index is -0.941. The summed E-state index contributed by atoms with van der Waals surface area (Å²) in [6, 6.07) is 13.6. The standard InChI is InChI=1S/C26H33F2N3O2/c1-18-4-10-22(11-5-18)29-26(32)30-24-3-2-14-33-25(24)17-31-13-12-20(23(28)16-31)15-19-6-8-21(27)9-7-19/h4-11,20,23-25H,2-3,12-17H2,1H3,(H2,29,30,32). The highest BCUT2D eigenvalue weighted by Crippen LogP contribution is 2.26. The Kier molecular flexibility index (Phi) is 7.93. The number of nitrogens with zero attached hydrogens (tertiary/aromatic N) is 1. The number of nitrogens with one attached hydrogen (secondary N) is 2.